The first kappa shape index (κ1) is 16.8. The normalized spacial score (nSPS) is 11.7. The second kappa shape index (κ2) is 7.59. The van der Waals surface area contributed by atoms with Gasteiger partial charge in [-0.3, -0.25) is 4.79 Å². The van der Waals surface area contributed by atoms with Gasteiger partial charge in [-0.2, -0.15) is 0 Å². The number of para-hydroxylation sites is 1. The molecule has 0 bridgehead atoms. The summed E-state index contributed by atoms with van der Waals surface area (Å²) in [4.78, 5) is 22.5. The van der Waals surface area contributed by atoms with E-state index in [0.29, 0.717) is 10.8 Å². The van der Waals surface area contributed by atoms with Crippen molar-refractivity contribution in [2.24, 2.45) is 0 Å². The van der Waals surface area contributed by atoms with Crippen LogP contribution in [0.5, 0.6) is 5.75 Å². The van der Waals surface area contributed by atoms with Crippen LogP contribution in [0.25, 0.3) is 0 Å². The van der Waals surface area contributed by atoms with Gasteiger partial charge in [-0.05, 0) is 19.1 Å². The summed E-state index contributed by atoms with van der Waals surface area (Å²) in [6.07, 6.45) is 0.898. The van der Waals surface area contributed by atoms with E-state index in [-0.39, 0.29) is 30.8 Å². The number of hydrogen-bond acceptors (Lipinski definition) is 5. The number of carboxylic acid groups (broad SMARTS) is 1. The van der Waals surface area contributed by atoms with Crippen molar-refractivity contribution in [3.05, 3.63) is 41.2 Å². The average molecular weight is 339 g/mol. The fraction of sp³-hybridized carbons (Fsp3) is 0.286. The SMILES string of the molecule is CC(CNC(=O)Cn1cc(C(=O)O)nn1)Oc1ccccc1Cl. The van der Waals surface area contributed by atoms with E-state index in [0.717, 1.165) is 4.68 Å². The Morgan fingerprint density at radius 3 is 2.83 bits per heavy atom. The van der Waals surface area contributed by atoms with E-state index in [2.05, 4.69) is 15.6 Å². The molecule has 122 valence electrons. The zero-order valence-electron chi connectivity index (χ0n) is 12.3. The molecule has 8 nitrogen and oxygen atoms in total. The topological polar surface area (TPSA) is 106 Å². The Bertz CT molecular complexity index is 704. The first-order chi connectivity index (χ1) is 11.0. The maximum absolute atomic E-state index is 11.8. The van der Waals surface area contributed by atoms with Gasteiger partial charge in [0.25, 0.3) is 0 Å². The van der Waals surface area contributed by atoms with Crippen LogP contribution in [0.2, 0.25) is 5.02 Å². The molecule has 1 amide bonds. The number of halogens is 1. The van der Waals surface area contributed by atoms with Crippen LogP contribution in [0.4, 0.5) is 0 Å². The molecule has 2 N–H and O–H groups in total. The summed E-state index contributed by atoms with van der Waals surface area (Å²) in [5, 5.41) is 18.9. The highest BCUT2D eigenvalue weighted by Crippen LogP contribution is 2.23. The summed E-state index contributed by atoms with van der Waals surface area (Å²) >= 11 is 5.99. The number of aromatic nitrogens is 3. The second-order valence-corrected chi connectivity index (χ2v) is 5.18. The Kier molecular flexibility index (Phi) is 5.53. The summed E-state index contributed by atoms with van der Waals surface area (Å²) in [6.45, 7) is 1.94. The van der Waals surface area contributed by atoms with Gasteiger partial charge in [0.2, 0.25) is 5.91 Å². The molecular weight excluding hydrogens is 324 g/mol. The molecule has 1 atom stereocenters. The van der Waals surface area contributed by atoms with Gasteiger partial charge in [0.05, 0.1) is 17.8 Å². The van der Waals surface area contributed by atoms with Gasteiger partial charge in [-0.1, -0.05) is 28.9 Å². The number of nitrogens with one attached hydrogen (secondary N) is 1. The number of hydrogen-bond donors (Lipinski definition) is 2. The Balaban J connectivity index is 1.79. The highest BCUT2D eigenvalue weighted by molar-refractivity contribution is 6.32. The summed E-state index contributed by atoms with van der Waals surface area (Å²) in [7, 11) is 0. The largest absolute Gasteiger partial charge is 0.487 e. The predicted molar refractivity (Wildman–Crippen MR) is 81.5 cm³/mol. The molecule has 0 saturated heterocycles. The highest BCUT2D eigenvalue weighted by Gasteiger charge is 2.12. The van der Waals surface area contributed by atoms with Crippen LogP contribution in [-0.2, 0) is 11.3 Å². The molecule has 0 radical (unpaired) electrons. The van der Waals surface area contributed by atoms with Crippen molar-refractivity contribution in [1.82, 2.24) is 20.3 Å². The van der Waals surface area contributed by atoms with Gasteiger partial charge in [0.15, 0.2) is 5.69 Å². The second-order valence-electron chi connectivity index (χ2n) is 4.77. The molecule has 23 heavy (non-hydrogen) atoms. The maximum Gasteiger partial charge on any atom is 0.358 e. The lowest BCUT2D eigenvalue weighted by Crippen LogP contribution is -2.35. The number of carboxylic acids is 1. The quantitative estimate of drug-likeness (QED) is 0.786. The monoisotopic (exact) mass is 338 g/mol. The molecule has 0 spiro atoms. The van der Waals surface area contributed by atoms with Gasteiger partial charge >= 0.3 is 5.97 Å². The number of nitrogens with zero attached hydrogens (tertiary/aromatic N) is 3. The maximum atomic E-state index is 11.8. The van der Waals surface area contributed by atoms with E-state index < -0.39 is 5.97 Å². The van der Waals surface area contributed by atoms with Gasteiger partial charge < -0.3 is 15.2 Å². The molecule has 1 aromatic carbocycles. The Morgan fingerprint density at radius 1 is 1.43 bits per heavy atom. The van der Waals surface area contributed by atoms with E-state index in [1.54, 1.807) is 31.2 Å². The van der Waals surface area contributed by atoms with Crippen LogP contribution in [0, 0.1) is 0 Å². The van der Waals surface area contributed by atoms with Crippen molar-refractivity contribution in [3.8, 4) is 5.75 Å². The fourth-order valence-corrected chi connectivity index (χ4v) is 1.91. The average Bonchev–Trinajstić information content (AvgIpc) is 2.96. The molecule has 0 saturated carbocycles. The summed E-state index contributed by atoms with van der Waals surface area (Å²) in [6, 6.07) is 7.05. The zero-order chi connectivity index (χ0) is 16.8. The van der Waals surface area contributed by atoms with E-state index in [1.807, 2.05) is 0 Å². The first-order valence-corrected chi connectivity index (χ1v) is 7.15. The van der Waals surface area contributed by atoms with Crippen molar-refractivity contribution in [2.75, 3.05) is 6.54 Å². The van der Waals surface area contributed by atoms with E-state index in [1.165, 1.54) is 6.20 Å². The third-order valence-corrected chi connectivity index (χ3v) is 3.13. The lowest BCUT2D eigenvalue weighted by molar-refractivity contribution is -0.122. The predicted octanol–water partition coefficient (Wildman–Crippen LogP) is 1.21. The van der Waals surface area contributed by atoms with Crippen LogP contribution in [0.1, 0.15) is 17.4 Å². The Hall–Kier alpha value is -2.61. The Morgan fingerprint density at radius 2 is 2.17 bits per heavy atom. The summed E-state index contributed by atoms with van der Waals surface area (Å²) in [5.74, 6) is -0.988. The number of carbonyl (C=O) groups is 2. The number of rotatable bonds is 7. The van der Waals surface area contributed by atoms with E-state index in [9.17, 15) is 9.59 Å². The fourth-order valence-electron chi connectivity index (χ4n) is 1.73. The van der Waals surface area contributed by atoms with Crippen molar-refractivity contribution >= 4 is 23.5 Å². The minimum absolute atomic E-state index is 0.126. The van der Waals surface area contributed by atoms with Gasteiger partial charge in [-0.15, -0.1) is 5.10 Å². The van der Waals surface area contributed by atoms with E-state index in [4.69, 9.17) is 21.4 Å². The van der Waals surface area contributed by atoms with E-state index >= 15 is 0 Å². The van der Waals surface area contributed by atoms with Crippen molar-refractivity contribution in [1.29, 1.82) is 0 Å². The molecule has 1 unspecified atom stereocenters. The summed E-state index contributed by atoms with van der Waals surface area (Å²) < 4.78 is 6.77. The third kappa shape index (κ3) is 4.96. The van der Waals surface area contributed by atoms with Crippen LogP contribution in [-0.4, -0.2) is 44.6 Å². The van der Waals surface area contributed by atoms with Crippen LogP contribution in [0.3, 0.4) is 0 Å². The van der Waals surface area contributed by atoms with Crippen LogP contribution in [0.15, 0.2) is 30.5 Å². The van der Waals surface area contributed by atoms with Crippen molar-refractivity contribution < 1.29 is 19.4 Å². The van der Waals surface area contributed by atoms with Gasteiger partial charge in [0.1, 0.15) is 18.4 Å². The molecule has 0 fully saturated rings. The van der Waals surface area contributed by atoms with Gasteiger partial charge in [-0.25, -0.2) is 9.48 Å². The molecule has 1 heterocycles. The zero-order valence-corrected chi connectivity index (χ0v) is 13.0. The molecule has 2 rings (SSSR count). The lowest BCUT2D eigenvalue weighted by atomic mass is 10.3. The highest BCUT2D eigenvalue weighted by atomic mass is 35.5. The van der Waals surface area contributed by atoms with Crippen molar-refractivity contribution in [2.45, 2.75) is 19.6 Å². The number of carbonyl (C=O) groups excluding carboxylic acids is 1. The molecule has 1 aromatic heterocycles. The molecular formula is C14H15ClN4O4. The number of amides is 1. The minimum atomic E-state index is -1.20. The third-order valence-electron chi connectivity index (χ3n) is 2.81. The first-order valence-electron chi connectivity index (χ1n) is 6.77. The number of benzene rings is 1. The smallest absolute Gasteiger partial charge is 0.358 e. The number of ether oxygens (including phenoxy) is 1. The number of aromatic carboxylic acids is 1. The molecule has 2 aromatic rings. The lowest BCUT2D eigenvalue weighted by Gasteiger charge is -2.16. The minimum Gasteiger partial charge on any atom is -0.487 e. The van der Waals surface area contributed by atoms with Crippen LogP contribution < -0.4 is 10.1 Å². The molecule has 0 aliphatic carbocycles. The molecule has 0 aliphatic heterocycles. The molecule has 0 aliphatic rings. The molecule has 9 heteroatoms. The van der Waals surface area contributed by atoms with Gasteiger partial charge in [0, 0.05) is 0 Å². The standard InChI is InChI=1S/C14H15ClN4O4/c1-9(23-12-5-3-2-4-10(12)15)6-16-13(20)8-19-7-11(14(21)22)17-18-19/h2-5,7,9H,6,8H2,1H3,(H,16,20)(H,21,22). The van der Waals surface area contributed by atoms with Crippen molar-refractivity contribution in [3.63, 3.8) is 0 Å². The summed E-state index contributed by atoms with van der Waals surface area (Å²) in [5.41, 5.74) is -0.215. The Labute approximate surface area is 137 Å². The van der Waals surface area contributed by atoms with Crippen LogP contribution >= 0.6 is 11.6 Å².